The van der Waals surface area contributed by atoms with Crippen LogP contribution < -0.4 is 10.6 Å². The summed E-state index contributed by atoms with van der Waals surface area (Å²) in [6, 6.07) is 9.04. The lowest BCUT2D eigenvalue weighted by molar-refractivity contribution is 0.120. The average Bonchev–Trinajstić information content (AvgIpc) is 2.70. The van der Waals surface area contributed by atoms with Crippen molar-refractivity contribution in [1.82, 2.24) is 4.90 Å². The molecule has 3 nitrogen and oxygen atoms in total. The largest absolute Gasteiger partial charge is 0.374 e. The Morgan fingerprint density at radius 1 is 1.19 bits per heavy atom. The van der Waals surface area contributed by atoms with Gasteiger partial charge in [-0.15, -0.1) is 0 Å². The first kappa shape index (κ1) is 13.6. The van der Waals surface area contributed by atoms with Gasteiger partial charge < -0.3 is 10.6 Å². The van der Waals surface area contributed by atoms with Crippen molar-refractivity contribution in [1.29, 1.82) is 0 Å². The summed E-state index contributed by atoms with van der Waals surface area (Å²) >= 11 is 0. The Bertz CT molecular complexity index is 513. The van der Waals surface area contributed by atoms with Crippen LogP contribution in [0.3, 0.4) is 0 Å². The van der Waals surface area contributed by atoms with E-state index in [2.05, 4.69) is 35.0 Å². The molecule has 2 unspecified atom stereocenters. The topological polar surface area (TPSA) is 32.5 Å². The van der Waals surface area contributed by atoms with E-state index in [-0.39, 0.29) is 0 Å². The minimum Gasteiger partial charge on any atom is -0.374 e. The second kappa shape index (κ2) is 5.29. The van der Waals surface area contributed by atoms with Crippen LogP contribution >= 0.6 is 0 Å². The van der Waals surface area contributed by atoms with E-state index in [0.29, 0.717) is 6.04 Å². The molecule has 114 valence electrons. The first-order valence-electron chi connectivity index (χ1n) is 8.55. The molecule has 1 aromatic carbocycles. The monoisotopic (exact) mass is 285 g/mol. The number of piperidine rings is 1. The van der Waals surface area contributed by atoms with Crippen LogP contribution in [-0.4, -0.2) is 36.6 Å². The van der Waals surface area contributed by atoms with E-state index in [1.54, 1.807) is 5.56 Å². The number of rotatable bonds is 2. The second-order valence-electron chi connectivity index (χ2n) is 7.28. The van der Waals surface area contributed by atoms with Crippen molar-refractivity contribution < 1.29 is 0 Å². The van der Waals surface area contributed by atoms with Gasteiger partial charge in [-0.1, -0.05) is 12.1 Å². The third-order valence-corrected chi connectivity index (χ3v) is 5.78. The lowest BCUT2D eigenvalue weighted by Crippen LogP contribution is -2.46. The molecule has 0 aliphatic carbocycles. The number of benzene rings is 1. The molecule has 0 aromatic heterocycles. The summed E-state index contributed by atoms with van der Waals surface area (Å²) in [6.07, 6.45) is 7.63. The van der Waals surface area contributed by atoms with Gasteiger partial charge in [-0.05, 0) is 55.7 Å². The van der Waals surface area contributed by atoms with Gasteiger partial charge in [0.2, 0.25) is 0 Å². The van der Waals surface area contributed by atoms with Gasteiger partial charge >= 0.3 is 0 Å². The molecule has 2 saturated heterocycles. The van der Waals surface area contributed by atoms with E-state index in [1.807, 2.05) is 0 Å². The van der Waals surface area contributed by atoms with Crippen LogP contribution in [0.5, 0.6) is 0 Å². The molecule has 0 spiro atoms. The van der Waals surface area contributed by atoms with E-state index in [9.17, 15) is 0 Å². The van der Waals surface area contributed by atoms with Gasteiger partial charge in [-0.3, -0.25) is 4.90 Å². The van der Waals surface area contributed by atoms with Gasteiger partial charge in [0, 0.05) is 44.0 Å². The van der Waals surface area contributed by atoms with Crippen LogP contribution in [0, 0.1) is 0 Å². The fourth-order valence-corrected chi connectivity index (χ4v) is 4.72. The fraction of sp³-hybridized carbons (Fsp3) is 0.667. The summed E-state index contributed by atoms with van der Waals surface area (Å²) in [4.78, 5) is 5.13. The van der Waals surface area contributed by atoms with Gasteiger partial charge in [-0.25, -0.2) is 0 Å². The minimum absolute atomic E-state index is 0.441. The maximum absolute atomic E-state index is 6.19. The Labute approximate surface area is 128 Å². The van der Waals surface area contributed by atoms with Crippen molar-refractivity contribution >= 4 is 5.69 Å². The van der Waals surface area contributed by atoms with Crippen molar-refractivity contribution in [2.24, 2.45) is 5.73 Å². The molecule has 3 heteroatoms. The van der Waals surface area contributed by atoms with E-state index in [1.165, 1.54) is 56.3 Å². The first-order valence-corrected chi connectivity index (χ1v) is 8.55. The van der Waals surface area contributed by atoms with Gasteiger partial charge in [0.05, 0.1) is 0 Å². The standard InChI is InChI=1S/C18H27N3/c1-20-8-2-3-14-9-13(4-7-18(14)20)12-21-16-5-6-17(21)11-15(19)10-16/h4,7,9,15-17H,2-3,5-6,8,10-12,19H2,1H3. The van der Waals surface area contributed by atoms with Gasteiger partial charge in [0.25, 0.3) is 0 Å². The molecule has 2 fully saturated rings. The van der Waals surface area contributed by atoms with Crippen LogP contribution in [0.4, 0.5) is 5.69 Å². The Balaban J connectivity index is 1.53. The number of hydrogen-bond acceptors (Lipinski definition) is 3. The van der Waals surface area contributed by atoms with Crippen LogP contribution in [0.2, 0.25) is 0 Å². The first-order chi connectivity index (χ1) is 10.2. The summed E-state index contributed by atoms with van der Waals surface area (Å²) in [7, 11) is 2.21. The van der Waals surface area contributed by atoms with Crippen LogP contribution in [-0.2, 0) is 13.0 Å². The van der Waals surface area contributed by atoms with Crippen molar-refractivity contribution in [2.75, 3.05) is 18.5 Å². The minimum atomic E-state index is 0.441. The molecule has 0 saturated carbocycles. The Morgan fingerprint density at radius 2 is 1.95 bits per heavy atom. The molecule has 2 atom stereocenters. The van der Waals surface area contributed by atoms with Crippen molar-refractivity contribution in [3.05, 3.63) is 29.3 Å². The zero-order chi connectivity index (χ0) is 14.4. The smallest absolute Gasteiger partial charge is 0.0396 e. The second-order valence-corrected chi connectivity index (χ2v) is 7.28. The molecule has 4 rings (SSSR count). The maximum atomic E-state index is 6.19. The Kier molecular flexibility index (Phi) is 3.43. The highest BCUT2D eigenvalue weighted by Crippen LogP contribution is 2.36. The summed E-state index contributed by atoms with van der Waals surface area (Å²) in [5.41, 5.74) is 10.7. The van der Waals surface area contributed by atoms with Crippen molar-refractivity contribution in [3.8, 4) is 0 Å². The number of nitrogens with two attached hydrogens (primary N) is 1. The zero-order valence-electron chi connectivity index (χ0n) is 13.1. The molecular weight excluding hydrogens is 258 g/mol. The SMILES string of the molecule is CN1CCCc2cc(CN3C4CCC3CC(N)C4)ccc21. The number of nitrogens with zero attached hydrogens (tertiary/aromatic N) is 2. The molecule has 2 N–H and O–H groups in total. The summed E-state index contributed by atoms with van der Waals surface area (Å²) < 4.78 is 0. The molecule has 3 heterocycles. The highest BCUT2D eigenvalue weighted by Gasteiger charge is 2.39. The van der Waals surface area contributed by atoms with Gasteiger partial charge in [0.15, 0.2) is 0 Å². The maximum Gasteiger partial charge on any atom is 0.0396 e. The summed E-state index contributed by atoms with van der Waals surface area (Å²) in [5.74, 6) is 0. The number of anilines is 1. The lowest BCUT2D eigenvalue weighted by Gasteiger charge is -2.38. The third-order valence-electron chi connectivity index (χ3n) is 5.78. The molecule has 21 heavy (non-hydrogen) atoms. The van der Waals surface area contributed by atoms with E-state index < -0.39 is 0 Å². The molecule has 3 aliphatic heterocycles. The van der Waals surface area contributed by atoms with Crippen LogP contribution in [0.1, 0.15) is 43.2 Å². The lowest BCUT2D eigenvalue weighted by atomic mass is 9.96. The zero-order valence-corrected chi connectivity index (χ0v) is 13.1. The number of aryl methyl sites for hydroxylation is 1. The van der Waals surface area contributed by atoms with Crippen molar-refractivity contribution in [3.63, 3.8) is 0 Å². The molecule has 0 radical (unpaired) electrons. The molecule has 1 aromatic rings. The quantitative estimate of drug-likeness (QED) is 0.906. The normalized spacial score (nSPS) is 32.3. The van der Waals surface area contributed by atoms with Crippen molar-refractivity contribution in [2.45, 2.75) is 63.2 Å². The van der Waals surface area contributed by atoms with E-state index >= 15 is 0 Å². The molecule has 3 aliphatic rings. The van der Waals surface area contributed by atoms with Crippen LogP contribution in [0.15, 0.2) is 18.2 Å². The molecule has 2 bridgehead atoms. The summed E-state index contributed by atoms with van der Waals surface area (Å²) in [5, 5.41) is 0. The highest BCUT2D eigenvalue weighted by atomic mass is 15.2. The van der Waals surface area contributed by atoms with E-state index in [4.69, 9.17) is 5.73 Å². The Morgan fingerprint density at radius 3 is 2.71 bits per heavy atom. The molecule has 0 amide bonds. The predicted molar refractivity (Wildman–Crippen MR) is 87.6 cm³/mol. The number of fused-ring (bicyclic) bond motifs is 3. The third kappa shape index (κ3) is 2.47. The van der Waals surface area contributed by atoms with Gasteiger partial charge in [-0.2, -0.15) is 0 Å². The van der Waals surface area contributed by atoms with Gasteiger partial charge in [0.1, 0.15) is 0 Å². The highest BCUT2D eigenvalue weighted by molar-refractivity contribution is 5.56. The van der Waals surface area contributed by atoms with Crippen LogP contribution in [0.25, 0.3) is 0 Å². The Hall–Kier alpha value is -1.06. The fourth-order valence-electron chi connectivity index (χ4n) is 4.72. The summed E-state index contributed by atoms with van der Waals surface area (Å²) in [6.45, 7) is 2.32. The predicted octanol–water partition coefficient (Wildman–Crippen LogP) is 2.52. The van der Waals surface area contributed by atoms with E-state index in [0.717, 1.165) is 18.6 Å². The average molecular weight is 285 g/mol. The number of hydrogen-bond donors (Lipinski definition) is 1. The molecular formula is C18H27N3.